The number of furan rings is 1. The Morgan fingerprint density at radius 2 is 1.15 bits per heavy atom. The molecule has 0 fully saturated rings. The highest BCUT2D eigenvalue weighted by Crippen LogP contribution is 2.66. The minimum Gasteiger partial charge on any atom is -0.454 e. The number of fused-ring (bicyclic) bond motifs is 15. The Morgan fingerprint density at radius 3 is 2.02 bits per heavy atom. The van der Waals surface area contributed by atoms with E-state index in [-0.39, 0.29) is 0 Å². The van der Waals surface area contributed by atoms with Gasteiger partial charge in [0.1, 0.15) is 5.58 Å². The molecule has 1 unspecified atom stereocenters. The summed E-state index contributed by atoms with van der Waals surface area (Å²) in [7, 11) is 0. The molecule has 0 amide bonds. The van der Waals surface area contributed by atoms with Crippen LogP contribution in [0.3, 0.4) is 0 Å². The lowest BCUT2D eigenvalue weighted by molar-refractivity contribution is 0.669. The van der Waals surface area contributed by atoms with Crippen molar-refractivity contribution >= 4 is 60.4 Å². The monoisotopic (exact) mass is 629 g/mol. The van der Waals surface area contributed by atoms with E-state index >= 15 is 0 Å². The van der Waals surface area contributed by atoms with E-state index in [1.54, 1.807) is 0 Å². The average molecular weight is 630 g/mol. The minimum atomic E-state index is -0.429. The van der Waals surface area contributed by atoms with Crippen LogP contribution in [0.1, 0.15) is 22.3 Å². The Labute approximate surface area is 281 Å². The summed E-state index contributed by atoms with van der Waals surface area (Å²) in [6, 6.07) is 59.7. The van der Waals surface area contributed by atoms with E-state index in [1.165, 1.54) is 53.9 Å². The van der Waals surface area contributed by atoms with Crippen molar-refractivity contribution in [3.63, 3.8) is 0 Å². The molecule has 1 spiro atoms. The Bertz CT molecular complexity index is 2750. The second-order valence-electron chi connectivity index (χ2n) is 12.8. The summed E-state index contributed by atoms with van der Waals surface area (Å²) >= 11 is 1.92. The highest BCUT2D eigenvalue weighted by atomic mass is 32.1. The van der Waals surface area contributed by atoms with Gasteiger partial charge in [0.25, 0.3) is 0 Å². The second kappa shape index (κ2) is 9.57. The zero-order valence-electron chi connectivity index (χ0n) is 25.9. The number of hydrogen-bond acceptors (Lipinski definition) is 3. The summed E-state index contributed by atoms with van der Waals surface area (Å²) in [5.41, 5.74) is 14.0. The van der Waals surface area contributed by atoms with Crippen LogP contribution < -0.4 is 4.90 Å². The molecule has 2 nitrogen and oxygen atoms in total. The molecule has 0 aliphatic heterocycles. The van der Waals surface area contributed by atoms with Crippen LogP contribution in [0.15, 0.2) is 168 Å². The van der Waals surface area contributed by atoms with Gasteiger partial charge in [-0.15, -0.1) is 11.3 Å². The molecule has 7 aromatic carbocycles. The molecule has 0 saturated heterocycles. The number of anilines is 3. The van der Waals surface area contributed by atoms with Crippen molar-refractivity contribution in [1.29, 1.82) is 0 Å². The van der Waals surface area contributed by atoms with Gasteiger partial charge in [-0.2, -0.15) is 0 Å². The zero-order valence-corrected chi connectivity index (χ0v) is 26.7. The third kappa shape index (κ3) is 3.26. The molecule has 0 radical (unpaired) electrons. The van der Waals surface area contributed by atoms with Crippen LogP contribution in [-0.2, 0) is 5.41 Å². The van der Waals surface area contributed by atoms with Gasteiger partial charge in [-0.3, -0.25) is 0 Å². The van der Waals surface area contributed by atoms with E-state index in [0.29, 0.717) is 0 Å². The molecule has 0 saturated carbocycles. The van der Waals surface area contributed by atoms with Crippen molar-refractivity contribution in [2.45, 2.75) is 5.41 Å². The van der Waals surface area contributed by atoms with Crippen molar-refractivity contribution in [3.05, 3.63) is 186 Å². The van der Waals surface area contributed by atoms with Gasteiger partial charge in [-0.05, 0) is 86.8 Å². The number of thiophene rings is 1. The summed E-state index contributed by atoms with van der Waals surface area (Å²) in [4.78, 5) is 3.75. The van der Waals surface area contributed by atoms with Crippen LogP contribution in [0.5, 0.6) is 0 Å². The topological polar surface area (TPSA) is 16.4 Å². The standard InChI is InChI=1S/C45H27NOS/c1-2-13-28(14-3-1)46(39-22-12-19-33-32-16-6-10-23-40(32)47-43(33)39)29-25-26-31-30-15-4-8-20-36(30)45(38(31)27-29)37-21-9-5-17-34(37)44-42(45)35-18-7-11-24-41(35)48-44/h1-27H. The second-order valence-corrected chi connectivity index (χ2v) is 13.8. The predicted molar refractivity (Wildman–Crippen MR) is 200 cm³/mol. The Balaban J connectivity index is 1.24. The normalized spacial score (nSPS) is 15.6. The quantitative estimate of drug-likeness (QED) is 0.193. The van der Waals surface area contributed by atoms with Gasteiger partial charge in [-0.25, -0.2) is 0 Å². The van der Waals surface area contributed by atoms with Gasteiger partial charge in [0.2, 0.25) is 0 Å². The third-order valence-corrected chi connectivity index (χ3v) is 11.7. The summed E-state index contributed by atoms with van der Waals surface area (Å²) in [6.45, 7) is 0. The average Bonchev–Trinajstić information content (AvgIpc) is 3.87. The van der Waals surface area contributed by atoms with Crippen LogP contribution in [0.2, 0.25) is 0 Å². The van der Waals surface area contributed by atoms with E-state index in [0.717, 1.165) is 39.0 Å². The molecule has 9 aromatic rings. The van der Waals surface area contributed by atoms with Crippen molar-refractivity contribution in [2.75, 3.05) is 4.90 Å². The molecule has 11 rings (SSSR count). The molecule has 0 N–H and O–H groups in total. The first-order valence-electron chi connectivity index (χ1n) is 16.4. The lowest BCUT2D eigenvalue weighted by atomic mass is 9.70. The van der Waals surface area contributed by atoms with Gasteiger partial charge in [0, 0.05) is 31.7 Å². The molecule has 0 bridgehead atoms. The fraction of sp³-hybridized carbons (Fsp3) is 0.0222. The van der Waals surface area contributed by atoms with E-state index in [4.69, 9.17) is 4.42 Å². The summed E-state index contributed by atoms with van der Waals surface area (Å²) in [5.74, 6) is 0. The fourth-order valence-electron chi connectivity index (χ4n) is 8.63. The van der Waals surface area contributed by atoms with Crippen molar-refractivity contribution in [3.8, 4) is 21.6 Å². The minimum absolute atomic E-state index is 0.429. The maximum absolute atomic E-state index is 6.63. The lowest BCUT2D eigenvalue weighted by Gasteiger charge is -2.32. The molecular formula is C45H27NOS. The van der Waals surface area contributed by atoms with Crippen molar-refractivity contribution in [1.82, 2.24) is 0 Å². The highest BCUT2D eigenvalue weighted by molar-refractivity contribution is 7.22. The van der Waals surface area contributed by atoms with Crippen molar-refractivity contribution < 1.29 is 4.42 Å². The van der Waals surface area contributed by atoms with E-state index in [9.17, 15) is 0 Å². The van der Waals surface area contributed by atoms with E-state index < -0.39 is 5.41 Å². The molecule has 2 heterocycles. The van der Waals surface area contributed by atoms with Crippen LogP contribution in [-0.4, -0.2) is 0 Å². The molecule has 2 aliphatic carbocycles. The van der Waals surface area contributed by atoms with Crippen LogP contribution in [0.4, 0.5) is 17.1 Å². The summed E-state index contributed by atoms with van der Waals surface area (Å²) in [5, 5.41) is 3.59. The smallest absolute Gasteiger partial charge is 0.159 e. The first-order valence-corrected chi connectivity index (χ1v) is 17.3. The zero-order chi connectivity index (χ0) is 31.4. The van der Waals surface area contributed by atoms with Gasteiger partial charge >= 0.3 is 0 Å². The third-order valence-electron chi connectivity index (χ3n) is 10.5. The fourth-order valence-corrected chi connectivity index (χ4v) is 9.93. The molecule has 224 valence electrons. The van der Waals surface area contributed by atoms with Gasteiger partial charge < -0.3 is 9.32 Å². The van der Waals surface area contributed by atoms with Crippen molar-refractivity contribution in [2.24, 2.45) is 0 Å². The SMILES string of the molecule is c1ccc(N(c2ccc3c(c2)C2(c4ccccc4-3)c3ccccc3-c3sc4ccccc4c32)c2cccc3c2oc2ccccc23)cc1. The molecule has 3 heteroatoms. The Hall–Kier alpha value is -5.90. The van der Waals surface area contributed by atoms with E-state index in [1.807, 2.05) is 17.4 Å². The largest absolute Gasteiger partial charge is 0.454 e. The van der Waals surface area contributed by atoms with Gasteiger partial charge in [0.15, 0.2) is 5.58 Å². The Kier molecular flexibility index (Phi) is 5.22. The van der Waals surface area contributed by atoms with E-state index in [2.05, 4.69) is 163 Å². The number of benzene rings is 7. The Morgan fingerprint density at radius 1 is 0.479 bits per heavy atom. The summed E-state index contributed by atoms with van der Waals surface area (Å²) in [6.07, 6.45) is 0. The van der Waals surface area contributed by atoms with Crippen LogP contribution in [0, 0.1) is 0 Å². The highest BCUT2D eigenvalue weighted by Gasteiger charge is 2.53. The number of hydrogen-bond donors (Lipinski definition) is 0. The molecule has 2 aromatic heterocycles. The molecule has 1 atom stereocenters. The molecular weight excluding hydrogens is 603 g/mol. The summed E-state index contributed by atoms with van der Waals surface area (Å²) < 4.78 is 7.97. The molecule has 2 aliphatic rings. The maximum atomic E-state index is 6.63. The number of para-hydroxylation sites is 3. The van der Waals surface area contributed by atoms with Crippen LogP contribution >= 0.6 is 11.3 Å². The molecule has 48 heavy (non-hydrogen) atoms. The predicted octanol–water partition coefficient (Wildman–Crippen LogP) is 12.6. The number of nitrogens with zero attached hydrogens (tertiary/aromatic N) is 1. The lowest BCUT2D eigenvalue weighted by Crippen LogP contribution is -2.26. The van der Waals surface area contributed by atoms with Gasteiger partial charge in [-0.1, -0.05) is 121 Å². The number of rotatable bonds is 3. The first-order chi connectivity index (χ1) is 23.8. The van der Waals surface area contributed by atoms with Gasteiger partial charge in [0.05, 0.1) is 11.1 Å². The first kappa shape index (κ1) is 26.2. The van der Waals surface area contributed by atoms with Crippen LogP contribution in [0.25, 0.3) is 53.6 Å². The maximum Gasteiger partial charge on any atom is 0.159 e.